The van der Waals surface area contributed by atoms with Crippen molar-refractivity contribution in [3.63, 3.8) is 0 Å². The Morgan fingerprint density at radius 1 is 0.604 bits per heavy atom. The SMILES string of the molecule is CC=C1CCCC1=CC(/C=C/c1ccc(/C=C/c2ccc(/C=C/C)s2)s1)=C([C]#[Os])[P+](c1ccccc1)(c1ccccc1)c1ccccc1. The molecule has 3 aromatic carbocycles. The first kappa shape index (κ1) is 34.2. The van der Waals surface area contributed by atoms with Crippen molar-refractivity contribution in [1.29, 1.82) is 0 Å². The molecule has 0 atom stereocenters. The Labute approximate surface area is 304 Å². The van der Waals surface area contributed by atoms with Gasteiger partial charge in [0.05, 0.1) is 0 Å². The van der Waals surface area contributed by atoms with Gasteiger partial charge in [0.2, 0.25) is 0 Å². The van der Waals surface area contributed by atoms with Crippen LogP contribution in [0.5, 0.6) is 0 Å². The summed E-state index contributed by atoms with van der Waals surface area (Å²) in [5.41, 5.74) is 4.16. The van der Waals surface area contributed by atoms with E-state index in [9.17, 15) is 0 Å². The van der Waals surface area contributed by atoms with Crippen molar-refractivity contribution in [2.24, 2.45) is 0 Å². The van der Waals surface area contributed by atoms with Crippen LogP contribution < -0.4 is 15.9 Å². The molecule has 6 rings (SSSR count). The van der Waals surface area contributed by atoms with Gasteiger partial charge in [0.15, 0.2) is 0 Å². The number of benzene rings is 3. The van der Waals surface area contributed by atoms with Crippen molar-refractivity contribution in [2.75, 3.05) is 0 Å². The number of hydrogen-bond acceptors (Lipinski definition) is 2. The van der Waals surface area contributed by atoms with Crippen molar-refractivity contribution in [3.8, 4) is 4.37 Å². The predicted octanol–water partition coefficient (Wildman–Crippen LogP) is 11.8. The Morgan fingerprint density at radius 3 is 1.52 bits per heavy atom. The van der Waals surface area contributed by atoms with Gasteiger partial charge in [-0.15, -0.1) is 0 Å². The van der Waals surface area contributed by atoms with E-state index in [1.54, 1.807) is 0 Å². The second-order valence-corrected chi connectivity index (χ2v) is 17.8. The van der Waals surface area contributed by atoms with Crippen LogP contribution >= 0.6 is 29.9 Å². The molecule has 0 amide bonds. The first-order chi connectivity index (χ1) is 23.6. The molecule has 0 unspecified atom stereocenters. The zero-order chi connectivity index (χ0) is 33.2. The summed E-state index contributed by atoms with van der Waals surface area (Å²) in [6.45, 7) is 4.24. The van der Waals surface area contributed by atoms with Gasteiger partial charge in [0, 0.05) is 4.88 Å². The van der Waals surface area contributed by atoms with E-state index in [-0.39, 0.29) is 0 Å². The van der Waals surface area contributed by atoms with Gasteiger partial charge >= 0.3 is 277 Å². The summed E-state index contributed by atoms with van der Waals surface area (Å²) in [6, 6.07) is 42.3. The maximum atomic E-state index is 3.87. The second-order valence-electron chi connectivity index (χ2n) is 11.6. The molecule has 1 aliphatic rings. The molecule has 0 saturated heterocycles. The van der Waals surface area contributed by atoms with Crippen molar-refractivity contribution >= 4 is 70.2 Å². The van der Waals surface area contributed by atoms with Crippen molar-refractivity contribution in [1.82, 2.24) is 0 Å². The van der Waals surface area contributed by atoms with E-state index < -0.39 is 7.26 Å². The zero-order valence-electron chi connectivity index (χ0n) is 27.3. The van der Waals surface area contributed by atoms with Crippen LogP contribution in [-0.4, -0.2) is 0 Å². The minimum atomic E-state index is -2.32. The van der Waals surface area contributed by atoms with Gasteiger partial charge < -0.3 is 0 Å². The average molecular weight is 853 g/mol. The average Bonchev–Trinajstić information content (AvgIpc) is 3.91. The third-order valence-corrected chi connectivity index (χ3v) is 16.0. The molecule has 1 aliphatic carbocycles. The first-order valence-electron chi connectivity index (χ1n) is 16.4. The molecule has 0 spiro atoms. The minimum absolute atomic E-state index is 1.11. The van der Waals surface area contributed by atoms with Gasteiger partial charge in [-0.05, 0) is 19.1 Å². The predicted molar refractivity (Wildman–Crippen MR) is 213 cm³/mol. The zero-order valence-corrected chi connectivity index (χ0v) is 32.4. The summed E-state index contributed by atoms with van der Waals surface area (Å²) in [4.78, 5) is 5.04. The number of rotatable bonds is 10. The molecule has 5 aromatic rings. The fourth-order valence-corrected chi connectivity index (χ4v) is 13.9. The fourth-order valence-electron chi connectivity index (χ4n) is 6.36. The topological polar surface area (TPSA) is 0 Å². The Balaban J connectivity index is 1.53. The monoisotopic (exact) mass is 854 g/mol. The number of allylic oxidation sites excluding steroid dienone is 8. The quantitative estimate of drug-likeness (QED) is 0.0970. The molecule has 0 radical (unpaired) electrons. The normalized spacial score (nSPS) is 16.0. The van der Waals surface area contributed by atoms with Crippen LogP contribution in [0.1, 0.15) is 52.6 Å². The molecule has 1 fully saturated rings. The van der Waals surface area contributed by atoms with Crippen molar-refractivity contribution < 1.29 is 17.9 Å². The summed E-state index contributed by atoms with van der Waals surface area (Å²) < 4.78 is 3.87. The molecular formula is C44H39OsPS2+. The number of hydrogen-bond donors (Lipinski definition) is 0. The third kappa shape index (κ3) is 7.64. The molecule has 0 nitrogen and oxygen atoms in total. The molecule has 48 heavy (non-hydrogen) atoms. The van der Waals surface area contributed by atoms with E-state index in [0.29, 0.717) is 0 Å². The van der Waals surface area contributed by atoms with Gasteiger partial charge in [-0.3, -0.25) is 0 Å². The van der Waals surface area contributed by atoms with E-state index in [1.165, 1.54) is 63.9 Å². The molecule has 4 heteroatoms. The molecule has 0 bridgehead atoms. The number of thiophene rings is 2. The first-order valence-corrected chi connectivity index (χ1v) is 21.1. The molecule has 239 valence electrons. The Hall–Kier alpha value is -3.65. The molecule has 2 heterocycles. The Bertz CT molecular complexity index is 1970. The standard InChI is InChI=1S/C44H39PS2.Os/c1-4-16-41-27-28-43(46-41)31-32-44-30-29-42(47-44)26-25-36(33-37-18-15-17-35(37)5-2)34(3)45(38-19-9-6-10-20-38,39-21-11-7-12-22-39)40-23-13-8-14-24-40;/h4-14,16,19-33H,15,17-18H2,1-2H3;/q+1;/b16-4+,26-25+,32-31+,35-5?,36-34?,37-33?;. The third-order valence-electron chi connectivity index (χ3n) is 8.57. The van der Waals surface area contributed by atoms with Crippen molar-refractivity contribution in [2.45, 2.75) is 33.1 Å². The summed E-state index contributed by atoms with van der Waals surface area (Å²) in [6.07, 6.45) is 21.6. The van der Waals surface area contributed by atoms with Crippen LogP contribution in [0.15, 0.2) is 162 Å². The van der Waals surface area contributed by atoms with Gasteiger partial charge in [-0.2, -0.15) is 0 Å². The van der Waals surface area contributed by atoms with E-state index in [2.05, 4.69) is 182 Å². The summed E-state index contributed by atoms with van der Waals surface area (Å²) >= 11 is 5.49. The second kappa shape index (κ2) is 16.6. The summed E-state index contributed by atoms with van der Waals surface area (Å²) in [5.74, 6) is 0. The van der Waals surface area contributed by atoms with Gasteiger partial charge in [0.25, 0.3) is 0 Å². The fraction of sp³-hybridized carbons (Fsp3) is 0.114. The Kier molecular flexibility index (Phi) is 11.9. The maximum absolute atomic E-state index is 3.87. The van der Waals surface area contributed by atoms with Crippen molar-refractivity contribution in [3.05, 3.63) is 181 Å². The molecule has 0 N–H and O–H groups in total. The van der Waals surface area contributed by atoms with Gasteiger partial charge in [-0.25, -0.2) is 0 Å². The van der Waals surface area contributed by atoms with E-state index in [1.807, 2.05) is 40.6 Å². The van der Waals surface area contributed by atoms with Gasteiger partial charge in [0.1, 0.15) is 0 Å². The summed E-state index contributed by atoms with van der Waals surface area (Å²) in [7, 11) is -2.32. The van der Waals surface area contributed by atoms with E-state index in [4.69, 9.17) is 0 Å². The van der Waals surface area contributed by atoms with Crippen LogP contribution in [-0.2, 0) is 17.9 Å². The van der Waals surface area contributed by atoms with Crippen LogP contribution in [0, 0.1) is 4.37 Å². The van der Waals surface area contributed by atoms with Crippen LogP contribution in [0.4, 0.5) is 0 Å². The van der Waals surface area contributed by atoms with E-state index >= 15 is 0 Å². The molecule has 1 saturated carbocycles. The summed E-state index contributed by atoms with van der Waals surface area (Å²) in [5, 5.41) is 5.30. The molecule has 0 aliphatic heterocycles. The van der Waals surface area contributed by atoms with E-state index in [0.717, 1.165) is 12.8 Å². The molecular weight excluding hydrogens is 814 g/mol. The van der Waals surface area contributed by atoms with Crippen LogP contribution in [0.25, 0.3) is 24.3 Å². The van der Waals surface area contributed by atoms with Crippen LogP contribution in [0.2, 0.25) is 0 Å². The van der Waals surface area contributed by atoms with Crippen LogP contribution in [0.3, 0.4) is 0 Å². The van der Waals surface area contributed by atoms with Gasteiger partial charge in [-0.1, -0.05) is 6.08 Å². The molecule has 2 aromatic heterocycles. The Morgan fingerprint density at radius 2 is 1.06 bits per heavy atom.